The molecule has 1 aliphatic heterocycles. The smallest absolute Gasteiger partial charge is 0.284 e. The number of benzene rings is 1. The Kier molecular flexibility index (Phi) is 2.82. The first-order chi connectivity index (χ1) is 6.79. The van der Waals surface area contributed by atoms with Crippen LogP contribution in [0.1, 0.15) is 12.0 Å². The van der Waals surface area contributed by atoms with Crippen LogP contribution in [0.5, 0.6) is 0 Å². The lowest BCUT2D eigenvalue weighted by atomic mass is 10.1. The second-order valence-corrected chi connectivity index (χ2v) is 3.43. The molecule has 1 aliphatic rings. The highest BCUT2D eigenvalue weighted by Crippen LogP contribution is 2.20. The third-order valence-electron chi connectivity index (χ3n) is 2.21. The molecule has 3 nitrogen and oxygen atoms in total. The van der Waals surface area contributed by atoms with E-state index in [-0.39, 0.29) is 0 Å². The summed E-state index contributed by atoms with van der Waals surface area (Å²) in [7, 11) is 0. The number of hydrogen-bond donors (Lipinski definition) is 1. The SMILES string of the molecule is OC1(Cc2ccccc2)OCCCO1. The van der Waals surface area contributed by atoms with E-state index in [2.05, 4.69) is 0 Å². The molecule has 1 heterocycles. The van der Waals surface area contributed by atoms with Gasteiger partial charge in [0.15, 0.2) is 0 Å². The molecule has 0 bridgehead atoms. The summed E-state index contributed by atoms with van der Waals surface area (Å²) in [4.78, 5) is 0. The van der Waals surface area contributed by atoms with Gasteiger partial charge in [-0.25, -0.2) is 0 Å². The molecule has 14 heavy (non-hydrogen) atoms. The molecule has 0 saturated carbocycles. The van der Waals surface area contributed by atoms with E-state index in [1.165, 1.54) is 0 Å². The minimum Gasteiger partial charge on any atom is -0.343 e. The average molecular weight is 194 g/mol. The van der Waals surface area contributed by atoms with Gasteiger partial charge in [-0.2, -0.15) is 0 Å². The fourth-order valence-electron chi connectivity index (χ4n) is 1.52. The van der Waals surface area contributed by atoms with Crippen molar-refractivity contribution >= 4 is 0 Å². The van der Waals surface area contributed by atoms with Crippen LogP contribution in [-0.2, 0) is 15.9 Å². The molecule has 0 aromatic heterocycles. The van der Waals surface area contributed by atoms with Crippen LogP contribution in [0.4, 0.5) is 0 Å². The van der Waals surface area contributed by atoms with E-state index in [9.17, 15) is 5.11 Å². The molecule has 0 radical (unpaired) electrons. The normalized spacial score (nSPS) is 20.6. The van der Waals surface area contributed by atoms with E-state index in [1.54, 1.807) is 0 Å². The van der Waals surface area contributed by atoms with E-state index >= 15 is 0 Å². The van der Waals surface area contributed by atoms with Crippen LogP contribution in [0, 0.1) is 0 Å². The molecule has 0 aliphatic carbocycles. The van der Waals surface area contributed by atoms with Crippen molar-refractivity contribution < 1.29 is 14.6 Å². The van der Waals surface area contributed by atoms with Crippen LogP contribution in [0.2, 0.25) is 0 Å². The molecule has 1 fully saturated rings. The van der Waals surface area contributed by atoms with Crippen LogP contribution in [0.25, 0.3) is 0 Å². The van der Waals surface area contributed by atoms with Crippen molar-refractivity contribution in [3.8, 4) is 0 Å². The van der Waals surface area contributed by atoms with Crippen LogP contribution in [-0.4, -0.2) is 24.3 Å². The van der Waals surface area contributed by atoms with Crippen LogP contribution >= 0.6 is 0 Å². The minimum atomic E-state index is -1.42. The third kappa shape index (κ3) is 2.32. The van der Waals surface area contributed by atoms with E-state index in [1.807, 2.05) is 30.3 Å². The van der Waals surface area contributed by atoms with Crippen molar-refractivity contribution in [2.75, 3.05) is 13.2 Å². The summed E-state index contributed by atoms with van der Waals surface area (Å²) in [6, 6.07) is 9.69. The lowest BCUT2D eigenvalue weighted by Crippen LogP contribution is -2.42. The van der Waals surface area contributed by atoms with Gasteiger partial charge in [0.25, 0.3) is 5.97 Å². The molecule has 2 rings (SSSR count). The van der Waals surface area contributed by atoms with Gasteiger partial charge in [0.1, 0.15) is 0 Å². The minimum absolute atomic E-state index is 0.383. The first kappa shape index (κ1) is 9.65. The maximum atomic E-state index is 9.88. The molecule has 3 heteroatoms. The van der Waals surface area contributed by atoms with Gasteiger partial charge in [-0.3, -0.25) is 0 Å². The predicted octanol–water partition coefficient (Wildman–Crippen LogP) is 1.31. The fourth-order valence-corrected chi connectivity index (χ4v) is 1.52. The van der Waals surface area contributed by atoms with Gasteiger partial charge in [-0.05, 0) is 12.0 Å². The Bertz CT molecular complexity index is 278. The third-order valence-corrected chi connectivity index (χ3v) is 2.21. The summed E-state index contributed by atoms with van der Waals surface area (Å²) < 4.78 is 10.4. The van der Waals surface area contributed by atoms with E-state index < -0.39 is 5.97 Å². The highest BCUT2D eigenvalue weighted by Gasteiger charge is 2.31. The number of rotatable bonds is 2. The van der Waals surface area contributed by atoms with Gasteiger partial charge in [0.2, 0.25) is 0 Å². The molecule has 0 atom stereocenters. The zero-order chi connectivity index (χ0) is 9.86. The molecule has 1 aromatic rings. The monoisotopic (exact) mass is 194 g/mol. The molecule has 1 N–H and O–H groups in total. The van der Waals surface area contributed by atoms with Crippen molar-refractivity contribution in [3.63, 3.8) is 0 Å². The van der Waals surface area contributed by atoms with Gasteiger partial charge >= 0.3 is 0 Å². The molecule has 1 saturated heterocycles. The number of hydrogen-bond acceptors (Lipinski definition) is 3. The summed E-state index contributed by atoms with van der Waals surface area (Å²) in [5.74, 6) is -1.42. The van der Waals surface area contributed by atoms with Gasteiger partial charge in [0.05, 0.1) is 19.6 Å². The molecule has 76 valence electrons. The van der Waals surface area contributed by atoms with Crippen molar-refractivity contribution in [2.45, 2.75) is 18.8 Å². The topological polar surface area (TPSA) is 38.7 Å². The Balaban J connectivity index is 2.02. The van der Waals surface area contributed by atoms with E-state index in [0.29, 0.717) is 19.6 Å². The lowest BCUT2D eigenvalue weighted by molar-refractivity contribution is -0.379. The number of aliphatic hydroxyl groups is 1. The summed E-state index contributed by atoms with van der Waals surface area (Å²) in [5.41, 5.74) is 1.01. The molecule has 0 amide bonds. The van der Waals surface area contributed by atoms with E-state index in [0.717, 1.165) is 12.0 Å². The summed E-state index contributed by atoms with van der Waals surface area (Å²) >= 11 is 0. The molecule has 0 spiro atoms. The predicted molar refractivity (Wildman–Crippen MR) is 51.6 cm³/mol. The summed E-state index contributed by atoms with van der Waals surface area (Å²) in [5, 5.41) is 9.88. The standard InChI is InChI=1S/C11H14O3/c12-11(13-7-4-8-14-11)9-10-5-2-1-3-6-10/h1-3,5-6,12H,4,7-9H2. The maximum absolute atomic E-state index is 9.88. The second kappa shape index (κ2) is 4.09. The Labute approximate surface area is 83.3 Å². The van der Waals surface area contributed by atoms with Gasteiger partial charge in [-0.1, -0.05) is 30.3 Å². The van der Waals surface area contributed by atoms with Crippen molar-refractivity contribution in [2.24, 2.45) is 0 Å². The van der Waals surface area contributed by atoms with Crippen molar-refractivity contribution in [3.05, 3.63) is 35.9 Å². The zero-order valence-electron chi connectivity index (χ0n) is 7.98. The maximum Gasteiger partial charge on any atom is 0.284 e. The zero-order valence-corrected chi connectivity index (χ0v) is 7.98. The first-order valence-electron chi connectivity index (χ1n) is 4.83. The fraction of sp³-hybridized carbons (Fsp3) is 0.455. The van der Waals surface area contributed by atoms with Gasteiger partial charge in [-0.15, -0.1) is 0 Å². The average Bonchev–Trinajstić information content (AvgIpc) is 2.19. The highest BCUT2D eigenvalue weighted by atomic mass is 16.8. The molecular weight excluding hydrogens is 180 g/mol. The Morgan fingerprint density at radius 1 is 1.14 bits per heavy atom. The van der Waals surface area contributed by atoms with Crippen molar-refractivity contribution in [1.82, 2.24) is 0 Å². The van der Waals surface area contributed by atoms with Gasteiger partial charge in [0, 0.05) is 0 Å². The van der Waals surface area contributed by atoms with Crippen LogP contribution in [0.15, 0.2) is 30.3 Å². The quantitative estimate of drug-likeness (QED) is 0.771. The van der Waals surface area contributed by atoms with E-state index in [4.69, 9.17) is 9.47 Å². The molecule has 1 aromatic carbocycles. The second-order valence-electron chi connectivity index (χ2n) is 3.43. The van der Waals surface area contributed by atoms with Crippen molar-refractivity contribution in [1.29, 1.82) is 0 Å². The van der Waals surface area contributed by atoms with Crippen LogP contribution in [0.3, 0.4) is 0 Å². The largest absolute Gasteiger partial charge is 0.343 e. The number of ether oxygens (including phenoxy) is 2. The first-order valence-corrected chi connectivity index (χ1v) is 4.83. The summed E-state index contributed by atoms with van der Waals surface area (Å²) in [6.45, 7) is 1.12. The Morgan fingerprint density at radius 2 is 1.79 bits per heavy atom. The lowest BCUT2D eigenvalue weighted by Gasteiger charge is -2.31. The molecule has 0 unspecified atom stereocenters. The Hall–Kier alpha value is -0.900. The van der Waals surface area contributed by atoms with Crippen LogP contribution < -0.4 is 0 Å². The molecular formula is C11H14O3. The highest BCUT2D eigenvalue weighted by molar-refractivity contribution is 5.15. The van der Waals surface area contributed by atoms with Gasteiger partial charge < -0.3 is 14.6 Å². The summed E-state index contributed by atoms with van der Waals surface area (Å²) in [6.07, 6.45) is 1.23. The Morgan fingerprint density at radius 3 is 2.43 bits per heavy atom.